The predicted molar refractivity (Wildman–Crippen MR) is 107 cm³/mol. The number of hydrogen-bond acceptors (Lipinski definition) is 4. The molecule has 0 radical (unpaired) electrons. The zero-order valence-electron chi connectivity index (χ0n) is 16.2. The number of nitrogens with one attached hydrogen (secondary N) is 1. The molecule has 0 bridgehead atoms. The van der Waals surface area contributed by atoms with E-state index in [1.165, 1.54) is 6.33 Å². The van der Waals surface area contributed by atoms with E-state index in [-0.39, 0.29) is 24.5 Å². The van der Waals surface area contributed by atoms with E-state index in [1.807, 2.05) is 56.3 Å². The molecule has 0 spiro atoms. The van der Waals surface area contributed by atoms with E-state index in [4.69, 9.17) is 0 Å². The van der Waals surface area contributed by atoms with Gasteiger partial charge in [0.05, 0.1) is 6.54 Å². The number of benzene rings is 2. The highest BCUT2D eigenvalue weighted by molar-refractivity contribution is 5.98. The van der Waals surface area contributed by atoms with Crippen molar-refractivity contribution >= 4 is 11.7 Å². The molecule has 1 heterocycles. The molecule has 0 aliphatic heterocycles. The molecule has 0 aliphatic carbocycles. The number of Topliss-reactive ketones (excluding diaryl/α,β-unsaturated/α-hetero) is 1. The number of aryl methyl sites for hydroxylation is 2. The van der Waals surface area contributed by atoms with Crippen LogP contribution in [0.5, 0.6) is 0 Å². The van der Waals surface area contributed by atoms with Crippen LogP contribution in [0.2, 0.25) is 0 Å². The second-order valence-electron chi connectivity index (χ2n) is 6.91. The molecule has 1 N–H and O–H groups in total. The van der Waals surface area contributed by atoms with Gasteiger partial charge in [0, 0.05) is 24.9 Å². The van der Waals surface area contributed by atoms with E-state index < -0.39 is 0 Å². The third-order valence-electron chi connectivity index (χ3n) is 4.73. The van der Waals surface area contributed by atoms with Crippen LogP contribution in [0, 0.1) is 13.8 Å². The number of aromatic nitrogens is 3. The molecule has 3 rings (SSSR count). The number of nitrogens with zero attached hydrogens (tertiary/aromatic N) is 3. The van der Waals surface area contributed by atoms with Crippen molar-refractivity contribution in [2.24, 2.45) is 0 Å². The maximum Gasteiger partial charge on any atom is 0.220 e. The lowest BCUT2D eigenvalue weighted by atomic mass is 10.0. The van der Waals surface area contributed by atoms with Crippen molar-refractivity contribution in [2.75, 3.05) is 0 Å². The minimum Gasteiger partial charge on any atom is -0.352 e. The summed E-state index contributed by atoms with van der Waals surface area (Å²) >= 11 is 0. The van der Waals surface area contributed by atoms with E-state index in [9.17, 15) is 9.59 Å². The van der Waals surface area contributed by atoms with Gasteiger partial charge in [-0.05, 0) is 42.2 Å². The summed E-state index contributed by atoms with van der Waals surface area (Å²) in [5.74, 6) is -0.125. The molecule has 28 heavy (non-hydrogen) atoms. The molecule has 144 valence electrons. The maximum absolute atomic E-state index is 12.3. The number of rotatable bonds is 8. The summed E-state index contributed by atoms with van der Waals surface area (Å²) in [5, 5.41) is 6.95. The SMILES string of the molecule is Cc1ccc(C(=O)CCC(=O)NCc2ccc(Cn3cncn3)cc2)cc1C. The fraction of sp³-hybridized carbons (Fsp3) is 0.273. The Bertz CT molecular complexity index is 947. The third kappa shape index (κ3) is 5.36. The Kier molecular flexibility index (Phi) is 6.32. The van der Waals surface area contributed by atoms with Crippen molar-refractivity contribution < 1.29 is 9.59 Å². The Morgan fingerprint density at radius 1 is 0.964 bits per heavy atom. The number of carbonyl (C=O) groups excluding carboxylic acids is 2. The average Bonchev–Trinajstić information content (AvgIpc) is 3.20. The van der Waals surface area contributed by atoms with Gasteiger partial charge in [0.2, 0.25) is 5.91 Å². The molecule has 3 aromatic rings. The summed E-state index contributed by atoms with van der Waals surface area (Å²) in [4.78, 5) is 28.3. The molecule has 0 aliphatic rings. The van der Waals surface area contributed by atoms with Gasteiger partial charge in [-0.3, -0.25) is 9.59 Å². The highest BCUT2D eigenvalue weighted by Crippen LogP contribution is 2.12. The smallest absolute Gasteiger partial charge is 0.220 e. The number of amides is 1. The first-order chi connectivity index (χ1) is 13.5. The van der Waals surface area contributed by atoms with Gasteiger partial charge in [0.1, 0.15) is 12.7 Å². The van der Waals surface area contributed by atoms with Crippen molar-refractivity contribution in [3.8, 4) is 0 Å². The van der Waals surface area contributed by atoms with E-state index in [2.05, 4.69) is 15.4 Å². The first kappa shape index (κ1) is 19.5. The molecule has 0 unspecified atom stereocenters. The molecular weight excluding hydrogens is 352 g/mol. The van der Waals surface area contributed by atoms with Crippen molar-refractivity contribution in [3.05, 3.63) is 82.9 Å². The third-order valence-corrected chi connectivity index (χ3v) is 4.73. The van der Waals surface area contributed by atoms with Gasteiger partial charge in [-0.15, -0.1) is 0 Å². The second-order valence-corrected chi connectivity index (χ2v) is 6.91. The van der Waals surface area contributed by atoms with Gasteiger partial charge in [-0.1, -0.05) is 36.4 Å². The highest BCUT2D eigenvalue weighted by Gasteiger charge is 2.10. The summed E-state index contributed by atoms with van der Waals surface area (Å²) < 4.78 is 1.75. The van der Waals surface area contributed by atoms with Crippen LogP contribution in [0.1, 0.15) is 45.5 Å². The lowest BCUT2D eigenvalue weighted by Crippen LogP contribution is -2.23. The summed E-state index contributed by atoms with van der Waals surface area (Å²) in [6.45, 7) is 5.10. The van der Waals surface area contributed by atoms with Gasteiger partial charge in [0.25, 0.3) is 0 Å². The lowest BCUT2D eigenvalue weighted by Gasteiger charge is -2.07. The Balaban J connectivity index is 1.43. The van der Waals surface area contributed by atoms with Crippen LogP contribution in [-0.4, -0.2) is 26.5 Å². The quantitative estimate of drug-likeness (QED) is 0.613. The molecule has 0 saturated carbocycles. The topological polar surface area (TPSA) is 76.9 Å². The highest BCUT2D eigenvalue weighted by atomic mass is 16.2. The van der Waals surface area contributed by atoms with Crippen molar-refractivity contribution in [1.29, 1.82) is 0 Å². The van der Waals surface area contributed by atoms with Crippen LogP contribution in [0.4, 0.5) is 0 Å². The lowest BCUT2D eigenvalue weighted by molar-refractivity contribution is -0.121. The Morgan fingerprint density at radius 3 is 2.39 bits per heavy atom. The minimum atomic E-state index is -0.121. The number of carbonyl (C=O) groups is 2. The molecule has 0 fully saturated rings. The molecule has 1 amide bonds. The first-order valence-corrected chi connectivity index (χ1v) is 9.28. The fourth-order valence-electron chi connectivity index (χ4n) is 2.84. The van der Waals surface area contributed by atoms with Gasteiger partial charge >= 0.3 is 0 Å². The van der Waals surface area contributed by atoms with E-state index >= 15 is 0 Å². The Hall–Kier alpha value is -3.28. The predicted octanol–water partition coefficient (Wildman–Crippen LogP) is 3.22. The number of ketones is 1. The molecule has 6 nitrogen and oxygen atoms in total. The maximum atomic E-state index is 12.3. The van der Waals surface area contributed by atoms with Crippen molar-refractivity contribution in [1.82, 2.24) is 20.1 Å². The van der Waals surface area contributed by atoms with Crippen LogP contribution in [0.25, 0.3) is 0 Å². The molecule has 6 heteroatoms. The van der Waals surface area contributed by atoms with Crippen LogP contribution < -0.4 is 5.32 Å². The molecule has 1 aromatic heterocycles. The van der Waals surface area contributed by atoms with Gasteiger partial charge in [-0.25, -0.2) is 9.67 Å². The zero-order valence-corrected chi connectivity index (χ0v) is 16.2. The van der Waals surface area contributed by atoms with Crippen molar-refractivity contribution in [2.45, 2.75) is 39.8 Å². The molecular formula is C22H24N4O2. The van der Waals surface area contributed by atoms with E-state index in [0.717, 1.165) is 22.3 Å². The van der Waals surface area contributed by atoms with Gasteiger partial charge in [0.15, 0.2) is 5.78 Å². The summed E-state index contributed by atoms with van der Waals surface area (Å²) in [6, 6.07) is 13.6. The summed E-state index contributed by atoms with van der Waals surface area (Å²) in [6.07, 6.45) is 3.59. The average molecular weight is 376 g/mol. The minimum absolute atomic E-state index is 0.00397. The molecule has 0 atom stereocenters. The normalized spacial score (nSPS) is 10.6. The fourth-order valence-corrected chi connectivity index (χ4v) is 2.84. The van der Waals surface area contributed by atoms with E-state index in [1.54, 1.807) is 11.0 Å². The summed E-state index contributed by atoms with van der Waals surface area (Å²) in [7, 11) is 0. The Labute approximate surface area is 164 Å². The van der Waals surface area contributed by atoms with Gasteiger partial charge in [-0.2, -0.15) is 5.10 Å². The standard InChI is InChI=1S/C22H24N4O2/c1-16-3-8-20(11-17(16)2)21(27)9-10-22(28)24-12-18-4-6-19(7-5-18)13-26-15-23-14-25-26/h3-8,11,14-15H,9-10,12-13H2,1-2H3,(H,24,28). The van der Waals surface area contributed by atoms with Gasteiger partial charge < -0.3 is 5.32 Å². The zero-order chi connectivity index (χ0) is 19.9. The molecule has 0 saturated heterocycles. The number of hydrogen-bond donors (Lipinski definition) is 1. The van der Waals surface area contributed by atoms with Crippen LogP contribution >= 0.6 is 0 Å². The summed E-state index contributed by atoms with van der Waals surface area (Å²) in [5.41, 5.74) is 5.03. The van der Waals surface area contributed by atoms with Crippen LogP contribution in [-0.2, 0) is 17.9 Å². The Morgan fingerprint density at radius 2 is 1.71 bits per heavy atom. The first-order valence-electron chi connectivity index (χ1n) is 9.28. The van der Waals surface area contributed by atoms with Crippen LogP contribution in [0.3, 0.4) is 0 Å². The van der Waals surface area contributed by atoms with E-state index in [0.29, 0.717) is 18.7 Å². The monoisotopic (exact) mass is 376 g/mol. The second kappa shape index (κ2) is 9.08. The molecule has 2 aromatic carbocycles. The van der Waals surface area contributed by atoms with Crippen molar-refractivity contribution in [3.63, 3.8) is 0 Å². The largest absolute Gasteiger partial charge is 0.352 e. The van der Waals surface area contributed by atoms with Crippen LogP contribution in [0.15, 0.2) is 55.1 Å².